The first-order valence-corrected chi connectivity index (χ1v) is 8.11. The molecule has 0 saturated carbocycles. The maximum atomic E-state index is 13.9. The highest BCUT2D eigenvalue weighted by Crippen LogP contribution is 2.26. The maximum Gasteiger partial charge on any atom is 0.151 e. The predicted molar refractivity (Wildman–Crippen MR) is 84.3 cm³/mol. The van der Waals surface area contributed by atoms with Crippen molar-refractivity contribution in [3.8, 4) is 0 Å². The minimum absolute atomic E-state index is 0.224. The van der Waals surface area contributed by atoms with Crippen molar-refractivity contribution < 1.29 is 4.39 Å². The normalized spacial score (nSPS) is 18.2. The number of rotatable bonds is 4. The van der Waals surface area contributed by atoms with Crippen molar-refractivity contribution in [2.24, 2.45) is 0 Å². The fraction of sp³-hybridized carbons (Fsp3) is 0.562. The van der Waals surface area contributed by atoms with E-state index in [1.165, 1.54) is 25.3 Å². The van der Waals surface area contributed by atoms with Crippen LogP contribution < -0.4 is 0 Å². The van der Waals surface area contributed by atoms with Gasteiger partial charge in [-0.15, -0.1) is 11.6 Å². The van der Waals surface area contributed by atoms with Crippen molar-refractivity contribution in [1.82, 2.24) is 14.5 Å². The molecule has 0 aliphatic carbocycles. The standard InChI is InChI=1S/C16H21ClFN3/c1-12(17)16-19-15-13(18)6-5-7-14(15)21(16)11-10-20-8-3-2-4-9-20/h5-7,12H,2-4,8-11H2,1H3. The average Bonchev–Trinajstić information content (AvgIpc) is 2.87. The van der Waals surface area contributed by atoms with Gasteiger partial charge < -0.3 is 9.47 Å². The van der Waals surface area contributed by atoms with E-state index in [2.05, 4.69) is 14.5 Å². The highest BCUT2D eigenvalue weighted by Gasteiger charge is 2.18. The molecule has 0 spiro atoms. The van der Waals surface area contributed by atoms with Gasteiger partial charge in [-0.1, -0.05) is 12.5 Å². The van der Waals surface area contributed by atoms with Crippen molar-refractivity contribution in [3.63, 3.8) is 0 Å². The SMILES string of the molecule is CC(Cl)c1nc2c(F)cccc2n1CCN1CCCCC1. The molecule has 1 aromatic carbocycles. The summed E-state index contributed by atoms with van der Waals surface area (Å²) in [5.41, 5.74) is 1.27. The zero-order valence-electron chi connectivity index (χ0n) is 12.4. The molecule has 2 aromatic rings. The van der Waals surface area contributed by atoms with Gasteiger partial charge in [0.2, 0.25) is 0 Å². The lowest BCUT2D eigenvalue weighted by Crippen LogP contribution is -2.32. The number of hydrogen-bond donors (Lipinski definition) is 0. The lowest BCUT2D eigenvalue weighted by molar-refractivity contribution is 0.221. The second kappa shape index (κ2) is 6.32. The lowest BCUT2D eigenvalue weighted by atomic mass is 10.1. The molecular weight excluding hydrogens is 289 g/mol. The monoisotopic (exact) mass is 309 g/mol. The van der Waals surface area contributed by atoms with Crippen LogP contribution in [0.1, 0.15) is 37.4 Å². The second-order valence-corrected chi connectivity index (χ2v) is 6.40. The molecule has 2 heterocycles. The summed E-state index contributed by atoms with van der Waals surface area (Å²) in [7, 11) is 0. The van der Waals surface area contributed by atoms with Gasteiger partial charge in [0.25, 0.3) is 0 Å². The number of benzene rings is 1. The molecule has 3 rings (SSSR count). The molecule has 21 heavy (non-hydrogen) atoms. The average molecular weight is 310 g/mol. The first-order chi connectivity index (χ1) is 10.2. The Morgan fingerprint density at radius 3 is 2.71 bits per heavy atom. The first-order valence-electron chi connectivity index (χ1n) is 7.68. The summed E-state index contributed by atoms with van der Waals surface area (Å²) >= 11 is 6.23. The Hall–Kier alpha value is -1.13. The van der Waals surface area contributed by atoms with Gasteiger partial charge in [0, 0.05) is 13.1 Å². The van der Waals surface area contributed by atoms with E-state index in [9.17, 15) is 4.39 Å². The number of nitrogens with zero attached hydrogens (tertiary/aromatic N) is 3. The van der Waals surface area contributed by atoms with Crippen LogP contribution >= 0.6 is 11.6 Å². The molecule has 0 radical (unpaired) electrons. The van der Waals surface area contributed by atoms with Crippen LogP contribution in [0.15, 0.2) is 18.2 Å². The highest BCUT2D eigenvalue weighted by atomic mass is 35.5. The Labute approximate surface area is 129 Å². The number of likely N-dealkylation sites (tertiary alicyclic amines) is 1. The minimum Gasteiger partial charge on any atom is -0.325 e. The Kier molecular flexibility index (Phi) is 4.45. The van der Waals surface area contributed by atoms with E-state index in [1.54, 1.807) is 6.07 Å². The molecule has 3 nitrogen and oxygen atoms in total. The third-order valence-electron chi connectivity index (χ3n) is 4.20. The fourth-order valence-corrected chi connectivity index (χ4v) is 3.26. The molecule has 1 fully saturated rings. The summed E-state index contributed by atoms with van der Waals surface area (Å²) in [5.74, 6) is 0.483. The zero-order chi connectivity index (χ0) is 14.8. The van der Waals surface area contributed by atoms with Crippen LogP contribution in [0.2, 0.25) is 0 Å². The largest absolute Gasteiger partial charge is 0.325 e. The van der Waals surface area contributed by atoms with E-state index < -0.39 is 0 Å². The van der Waals surface area contributed by atoms with Crippen molar-refractivity contribution in [3.05, 3.63) is 29.8 Å². The molecular formula is C16H21ClFN3. The van der Waals surface area contributed by atoms with Crippen molar-refractivity contribution in [2.75, 3.05) is 19.6 Å². The maximum absolute atomic E-state index is 13.9. The second-order valence-electron chi connectivity index (χ2n) is 5.75. The molecule has 5 heteroatoms. The van der Waals surface area contributed by atoms with Crippen LogP contribution in [0.3, 0.4) is 0 Å². The summed E-state index contributed by atoms with van der Waals surface area (Å²) in [6, 6.07) is 5.11. The number of hydrogen-bond acceptors (Lipinski definition) is 2. The number of aromatic nitrogens is 2. The Bertz CT molecular complexity index is 617. The molecule has 1 saturated heterocycles. The van der Waals surface area contributed by atoms with E-state index in [1.807, 2.05) is 13.0 Å². The smallest absolute Gasteiger partial charge is 0.151 e. The molecule has 0 amide bonds. The minimum atomic E-state index is -0.275. The summed E-state index contributed by atoms with van der Waals surface area (Å²) in [6.07, 6.45) is 3.88. The molecule has 0 bridgehead atoms. The van der Waals surface area contributed by atoms with Gasteiger partial charge in [0.15, 0.2) is 5.82 Å². The van der Waals surface area contributed by atoms with Gasteiger partial charge >= 0.3 is 0 Å². The van der Waals surface area contributed by atoms with E-state index in [4.69, 9.17) is 11.6 Å². The van der Waals surface area contributed by atoms with Crippen LogP contribution in [-0.2, 0) is 6.54 Å². The number of halogens is 2. The number of imidazole rings is 1. The number of piperidine rings is 1. The summed E-state index contributed by atoms with van der Waals surface area (Å²) < 4.78 is 16.0. The van der Waals surface area contributed by atoms with E-state index >= 15 is 0 Å². The summed E-state index contributed by atoms with van der Waals surface area (Å²) in [4.78, 5) is 6.88. The number of fused-ring (bicyclic) bond motifs is 1. The van der Waals surface area contributed by atoms with Gasteiger partial charge in [-0.05, 0) is 45.0 Å². The lowest BCUT2D eigenvalue weighted by Gasteiger charge is -2.27. The molecule has 1 aromatic heterocycles. The Balaban J connectivity index is 1.88. The zero-order valence-corrected chi connectivity index (χ0v) is 13.1. The summed E-state index contributed by atoms with van der Waals surface area (Å²) in [5, 5.41) is -0.224. The Morgan fingerprint density at radius 1 is 1.24 bits per heavy atom. The Morgan fingerprint density at radius 2 is 2.00 bits per heavy atom. The van der Waals surface area contributed by atoms with E-state index in [0.29, 0.717) is 5.52 Å². The third-order valence-corrected chi connectivity index (χ3v) is 4.40. The number of para-hydroxylation sites is 1. The van der Waals surface area contributed by atoms with Gasteiger partial charge in [0.1, 0.15) is 11.3 Å². The van der Waals surface area contributed by atoms with Crippen LogP contribution in [-0.4, -0.2) is 34.1 Å². The van der Waals surface area contributed by atoms with Gasteiger partial charge in [-0.3, -0.25) is 0 Å². The highest BCUT2D eigenvalue weighted by molar-refractivity contribution is 6.20. The van der Waals surface area contributed by atoms with Gasteiger partial charge in [-0.2, -0.15) is 0 Å². The van der Waals surface area contributed by atoms with Crippen LogP contribution in [0.5, 0.6) is 0 Å². The molecule has 1 unspecified atom stereocenters. The van der Waals surface area contributed by atoms with Gasteiger partial charge in [-0.25, -0.2) is 9.37 Å². The molecule has 0 N–H and O–H groups in total. The van der Waals surface area contributed by atoms with Crippen LogP contribution in [0.25, 0.3) is 11.0 Å². The van der Waals surface area contributed by atoms with E-state index in [-0.39, 0.29) is 11.2 Å². The fourth-order valence-electron chi connectivity index (χ4n) is 3.09. The molecule has 1 aliphatic heterocycles. The summed E-state index contributed by atoms with van der Waals surface area (Å²) in [6.45, 7) is 5.99. The van der Waals surface area contributed by atoms with Crippen molar-refractivity contribution in [1.29, 1.82) is 0 Å². The quantitative estimate of drug-likeness (QED) is 0.797. The third kappa shape index (κ3) is 3.06. The molecule has 1 aliphatic rings. The number of alkyl halides is 1. The molecule has 1 atom stereocenters. The van der Waals surface area contributed by atoms with Crippen LogP contribution in [0, 0.1) is 5.82 Å². The van der Waals surface area contributed by atoms with Crippen LogP contribution in [0.4, 0.5) is 4.39 Å². The van der Waals surface area contributed by atoms with Gasteiger partial charge in [0.05, 0.1) is 10.9 Å². The topological polar surface area (TPSA) is 21.1 Å². The van der Waals surface area contributed by atoms with Crippen molar-refractivity contribution >= 4 is 22.6 Å². The van der Waals surface area contributed by atoms with E-state index in [0.717, 1.165) is 37.5 Å². The van der Waals surface area contributed by atoms with Crippen molar-refractivity contribution in [2.45, 2.75) is 38.1 Å². The predicted octanol–water partition coefficient (Wildman–Crippen LogP) is 3.96. The molecule has 114 valence electrons. The first kappa shape index (κ1) is 14.8.